The van der Waals surface area contributed by atoms with E-state index >= 15 is 0 Å². The second-order valence-corrected chi connectivity index (χ2v) is 6.95. The fourth-order valence-electron chi connectivity index (χ4n) is 3.07. The van der Waals surface area contributed by atoms with Crippen LogP contribution in [0.15, 0.2) is 24.3 Å². The van der Waals surface area contributed by atoms with Gasteiger partial charge in [0.1, 0.15) is 0 Å². The maximum Gasteiger partial charge on any atom is 0.338 e. The molecule has 0 radical (unpaired) electrons. The number of carbonyl (C=O) groups is 5. The van der Waals surface area contributed by atoms with E-state index < -0.39 is 54.4 Å². The number of rotatable bonds is 7. The van der Waals surface area contributed by atoms with Crippen LogP contribution < -0.4 is 10.6 Å². The van der Waals surface area contributed by atoms with Crippen molar-refractivity contribution in [3.05, 3.63) is 29.8 Å². The molecule has 0 spiro atoms. The van der Waals surface area contributed by atoms with E-state index in [0.717, 1.165) is 20.8 Å². The molecule has 180 valence electrons. The zero-order chi connectivity index (χ0) is 24.5. The van der Waals surface area contributed by atoms with E-state index in [-0.39, 0.29) is 13.2 Å². The zero-order valence-electron chi connectivity index (χ0n) is 18.6. The van der Waals surface area contributed by atoms with Crippen LogP contribution in [0.3, 0.4) is 0 Å². The highest BCUT2D eigenvalue weighted by atomic mass is 16.6. The summed E-state index contributed by atoms with van der Waals surface area (Å²) in [4.78, 5) is 58.8. The van der Waals surface area contributed by atoms with Gasteiger partial charge in [0.25, 0.3) is 0 Å². The lowest BCUT2D eigenvalue weighted by atomic mass is 10.0. The van der Waals surface area contributed by atoms with Gasteiger partial charge in [-0.05, 0) is 31.2 Å². The summed E-state index contributed by atoms with van der Waals surface area (Å²) in [5.41, 5.74) is 0.670. The first-order valence-electron chi connectivity index (χ1n) is 10.1. The Morgan fingerprint density at radius 1 is 0.909 bits per heavy atom. The Hall–Kier alpha value is -3.67. The maximum absolute atomic E-state index is 12.5. The number of ether oxygens (including phenoxy) is 5. The molecule has 2 N–H and O–H groups in total. The van der Waals surface area contributed by atoms with E-state index in [1.807, 2.05) is 0 Å². The lowest BCUT2D eigenvalue weighted by Crippen LogP contribution is -2.62. The van der Waals surface area contributed by atoms with E-state index in [1.165, 1.54) is 24.3 Å². The van der Waals surface area contributed by atoms with Crippen LogP contribution >= 0.6 is 0 Å². The second kappa shape index (κ2) is 11.8. The molecule has 2 amide bonds. The van der Waals surface area contributed by atoms with Crippen molar-refractivity contribution in [3.63, 3.8) is 0 Å². The van der Waals surface area contributed by atoms with Crippen LogP contribution in [0.5, 0.6) is 0 Å². The Balaban J connectivity index is 2.12. The van der Waals surface area contributed by atoms with Crippen LogP contribution in [-0.2, 0) is 38.1 Å². The summed E-state index contributed by atoms with van der Waals surface area (Å²) in [7, 11) is 0. The normalized spacial score (nSPS) is 21.8. The number of carbonyl (C=O) groups excluding carboxylic acids is 5. The number of nitrogens with one attached hydrogen (secondary N) is 2. The van der Waals surface area contributed by atoms with Gasteiger partial charge in [-0.1, -0.05) is 0 Å². The average molecular weight is 466 g/mol. The van der Waals surface area contributed by atoms with Gasteiger partial charge in [-0.25, -0.2) is 9.59 Å². The van der Waals surface area contributed by atoms with Gasteiger partial charge in [0.05, 0.1) is 18.8 Å². The summed E-state index contributed by atoms with van der Waals surface area (Å²) in [6.45, 7) is 5.13. The number of hydrogen-bond acceptors (Lipinski definition) is 10. The van der Waals surface area contributed by atoms with E-state index in [0.29, 0.717) is 11.3 Å². The molecule has 0 bridgehead atoms. The molecule has 0 saturated carbocycles. The molecule has 1 saturated heterocycles. The Bertz CT molecular complexity index is 886. The molecule has 12 nitrogen and oxygen atoms in total. The SMILES string of the molecule is CCOC(=O)c1ccc(NC(=O)N[C@@H]2OC[C@H](OC(C)=O)[C@@H](OC(C)=O)[C@H]2OC(C)=O)cc1. The van der Waals surface area contributed by atoms with Crippen LogP contribution in [0.2, 0.25) is 0 Å². The van der Waals surface area contributed by atoms with Gasteiger partial charge in [0.15, 0.2) is 24.5 Å². The lowest BCUT2D eigenvalue weighted by Gasteiger charge is -2.40. The van der Waals surface area contributed by atoms with Crippen LogP contribution in [0.1, 0.15) is 38.1 Å². The second-order valence-electron chi connectivity index (χ2n) is 6.95. The standard InChI is InChI=1S/C21H26N2O10/c1-5-29-20(27)14-6-8-15(9-7-14)22-21(28)23-19-18(33-13(4)26)17(32-12(3)25)16(10-30-19)31-11(2)24/h6-9,16-19H,5,10H2,1-4H3,(H2,22,23,28)/t16-,17+,18+,19+/m0/s1. The van der Waals surface area contributed by atoms with Crippen LogP contribution in [0, 0.1) is 0 Å². The number of anilines is 1. The first-order valence-corrected chi connectivity index (χ1v) is 10.1. The minimum Gasteiger partial charge on any atom is -0.462 e. The van der Waals surface area contributed by atoms with Crippen LogP contribution in [0.4, 0.5) is 10.5 Å². The Morgan fingerprint density at radius 2 is 1.48 bits per heavy atom. The van der Waals surface area contributed by atoms with Crippen molar-refractivity contribution in [2.75, 3.05) is 18.5 Å². The monoisotopic (exact) mass is 466 g/mol. The molecule has 1 aliphatic heterocycles. The smallest absolute Gasteiger partial charge is 0.338 e. The molecule has 0 aliphatic carbocycles. The van der Waals surface area contributed by atoms with E-state index in [2.05, 4.69) is 10.6 Å². The Labute approximate surface area is 189 Å². The first-order chi connectivity index (χ1) is 15.6. The van der Waals surface area contributed by atoms with E-state index in [9.17, 15) is 24.0 Å². The average Bonchev–Trinajstić information content (AvgIpc) is 2.72. The van der Waals surface area contributed by atoms with Gasteiger partial charge in [-0.15, -0.1) is 0 Å². The molecule has 0 unspecified atom stereocenters. The number of esters is 4. The van der Waals surface area contributed by atoms with Crippen LogP contribution in [-0.4, -0.2) is 67.7 Å². The summed E-state index contributed by atoms with van der Waals surface area (Å²) in [6, 6.07) is 5.22. The fraction of sp³-hybridized carbons (Fsp3) is 0.476. The van der Waals surface area contributed by atoms with E-state index in [4.69, 9.17) is 23.7 Å². The number of amides is 2. The number of urea groups is 1. The molecule has 2 rings (SSSR count). The fourth-order valence-corrected chi connectivity index (χ4v) is 3.07. The first kappa shape index (κ1) is 25.6. The zero-order valence-corrected chi connectivity index (χ0v) is 18.6. The van der Waals surface area contributed by atoms with Crippen molar-refractivity contribution < 1.29 is 47.7 Å². The highest BCUT2D eigenvalue weighted by Crippen LogP contribution is 2.23. The molecule has 1 aromatic carbocycles. The minimum atomic E-state index is -1.29. The molecular weight excluding hydrogens is 440 g/mol. The summed E-state index contributed by atoms with van der Waals surface area (Å²) < 4.78 is 26.0. The predicted molar refractivity (Wildman–Crippen MR) is 111 cm³/mol. The molecule has 1 aromatic rings. The number of benzene rings is 1. The van der Waals surface area contributed by atoms with E-state index in [1.54, 1.807) is 6.92 Å². The van der Waals surface area contributed by atoms with Crippen molar-refractivity contribution in [2.45, 2.75) is 52.2 Å². The number of hydrogen-bond donors (Lipinski definition) is 2. The van der Waals surface area contributed by atoms with Gasteiger partial charge in [-0.3, -0.25) is 14.4 Å². The maximum atomic E-state index is 12.5. The summed E-state index contributed by atoms with van der Waals surface area (Å²) in [5.74, 6) is -2.59. The Kier molecular flexibility index (Phi) is 9.16. The van der Waals surface area contributed by atoms with Crippen molar-refractivity contribution >= 4 is 35.6 Å². The van der Waals surface area contributed by atoms with Crippen molar-refractivity contribution in [1.29, 1.82) is 0 Å². The topological polar surface area (TPSA) is 156 Å². The van der Waals surface area contributed by atoms with Crippen molar-refractivity contribution in [2.24, 2.45) is 0 Å². The highest BCUT2D eigenvalue weighted by Gasteiger charge is 2.47. The highest BCUT2D eigenvalue weighted by molar-refractivity contribution is 5.92. The van der Waals surface area contributed by atoms with Crippen LogP contribution in [0.25, 0.3) is 0 Å². The summed E-state index contributed by atoms with van der Waals surface area (Å²) in [5, 5.41) is 5.03. The predicted octanol–water partition coefficient (Wildman–Crippen LogP) is 1.14. The summed E-state index contributed by atoms with van der Waals surface area (Å²) >= 11 is 0. The third-order valence-electron chi connectivity index (χ3n) is 4.28. The molecule has 1 aliphatic rings. The Morgan fingerprint density at radius 3 is 2.03 bits per heavy atom. The minimum absolute atomic E-state index is 0.228. The molecule has 0 aromatic heterocycles. The largest absolute Gasteiger partial charge is 0.462 e. The van der Waals surface area contributed by atoms with Gasteiger partial charge in [0, 0.05) is 26.5 Å². The quantitative estimate of drug-likeness (QED) is 0.441. The van der Waals surface area contributed by atoms with Gasteiger partial charge >= 0.3 is 29.9 Å². The van der Waals surface area contributed by atoms with Crippen molar-refractivity contribution in [1.82, 2.24) is 5.32 Å². The molecule has 1 fully saturated rings. The van der Waals surface area contributed by atoms with Gasteiger partial charge in [-0.2, -0.15) is 0 Å². The third kappa shape index (κ3) is 7.75. The third-order valence-corrected chi connectivity index (χ3v) is 4.28. The molecule has 12 heteroatoms. The van der Waals surface area contributed by atoms with Gasteiger partial charge < -0.3 is 34.3 Å². The lowest BCUT2D eigenvalue weighted by molar-refractivity contribution is -0.228. The molecule has 4 atom stereocenters. The van der Waals surface area contributed by atoms with Crippen molar-refractivity contribution in [3.8, 4) is 0 Å². The molecule has 33 heavy (non-hydrogen) atoms. The van der Waals surface area contributed by atoms with Gasteiger partial charge in [0.2, 0.25) is 0 Å². The summed E-state index contributed by atoms with van der Waals surface area (Å²) in [6.07, 6.45) is -4.77. The molecular formula is C21H26N2O10. The molecule has 1 heterocycles.